The van der Waals surface area contributed by atoms with Gasteiger partial charge >= 0.3 is 0 Å². The zero-order valence-corrected chi connectivity index (χ0v) is 12.9. The Morgan fingerprint density at radius 3 is 2.45 bits per heavy atom. The van der Waals surface area contributed by atoms with E-state index in [1.807, 2.05) is 24.3 Å². The van der Waals surface area contributed by atoms with Crippen LogP contribution in [0.5, 0.6) is 5.75 Å². The Labute approximate surface area is 128 Å². The molecule has 2 nitrogen and oxygen atoms in total. The van der Waals surface area contributed by atoms with Crippen LogP contribution in [0.2, 0.25) is 0 Å². The molecule has 0 saturated heterocycles. The summed E-state index contributed by atoms with van der Waals surface area (Å²) in [6.45, 7) is 1.53. The fourth-order valence-corrected chi connectivity index (χ4v) is 2.53. The van der Waals surface area contributed by atoms with Gasteiger partial charge in [0.2, 0.25) is 0 Å². The highest BCUT2D eigenvalue weighted by atomic mass is 79.9. The van der Waals surface area contributed by atoms with Crippen molar-refractivity contribution in [3.8, 4) is 5.75 Å². The summed E-state index contributed by atoms with van der Waals surface area (Å²) in [6.07, 6.45) is 2.63. The minimum Gasteiger partial charge on any atom is -0.488 e. The van der Waals surface area contributed by atoms with Crippen molar-refractivity contribution in [1.82, 2.24) is 5.32 Å². The second-order valence-corrected chi connectivity index (χ2v) is 6.00. The molecule has 1 N–H and O–H groups in total. The minimum atomic E-state index is 0.602. The van der Waals surface area contributed by atoms with E-state index in [1.54, 1.807) is 0 Å². The normalized spacial score (nSPS) is 14.2. The molecule has 2 aromatic carbocycles. The number of nitrogens with one attached hydrogen (secondary N) is 1. The maximum Gasteiger partial charge on any atom is 0.133 e. The summed E-state index contributed by atoms with van der Waals surface area (Å²) >= 11 is 3.51. The second kappa shape index (κ2) is 6.42. The Morgan fingerprint density at radius 1 is 1.00 bits per heavy atom. The molecule has 1 aliphatic carbocycles. The van der Waals surface area contributed by atoms with Crippen LogP contribution in [0.4, 0.5) is 0 Å². The molecule has 0 radical (unpaired) electrons. The third-order valence-electron chi connectivity index (χ3n) is 3.50. The lowest BCUT2D eigenvalue weighted by molar-refractivity contribution is 0.302. The standard InChI is InChI=1S/C17H18BrNO/c18-16-7-3-4-8-17(16)20-12-14-6-2-1-5-13(14)11-19-15-9-10-15/h1-8,15,19H,9-12H2. The highest BCUT2D eigenvalue weighted by Gasteiger charge is 2.20. The molecular formula is C17H18BrNO. The van der Waals surface area contributed by atoms with E-state index in [4.69, 9.17) is 4.74 Å². The van der Waals surface area contributed by atoms with Gasteiger partial charge in [-0.3, -0.25) is 0 Å². The summed E-state index contributed by atoms with van der Waals surface area (Å²) in [5, 5.41) is 3.56. The second-order valence-electron chi connectivity index (χ2n) is 5.14. The van der Waals surface area contributed by atoms with Crippen LogP contribution in [0.25, 0.3) is 0 Å². The summed E-state index contributed by atoms with van der Waals surface area (Å²) in [5.41, 5.74) is 2.57. The highest BCUT2D eigenvalue weighted by molar-refractivity contribution is 9.10. The van der Waals surface area contributed by atoms with E-state index in [9.17, 15) is 0 Å². The monoisotopic (exact) mass is 331 g/mol. The van der Waals surface area contributed by atoms with Crippen molar-refractivity contribution in [2.45, 2.75) is 32.0 Å². The molecule has 0 spiro atoms. The van der Waals surface area contributed by atoms with Gasteiger partial charge < -0.3 is 10.1 Å². The zero-order chi connectivity index (χ0) is 13.8. The van der Waals surface area contributed by atoms with Gasteiger partial charge in [-0.05, 0) is 52.0 Å². The average Bonchev–Trinajstić information content (AvgIpc) is 3.29. The average molecular weight is 332 g/mol. The number of hydrogen-bond acceptors (Lipinski definition) is 2. The van der Waals surface area contributed by atoms with E-state index in [2.05, 4.69) is 45.5 Å². The smallest absolute Gasteiger partial charge is 0.133 e. The van der Waals surface area contributed by atoms with Crippen LogP contribution in [-0.4, -0.2) is 6.04 Å². The zero-order valence-electron chi connectivity index (χ0n) is 11.3. The lowest BCUT2D eigenvalue weighted by Gasteiger charge is -2.12. The molecule has 0 aromatic heterocycles. The van der Waals surface area contributed by atoms with Crippen molar-refractivity contribution < 1.29 is 4.74 Å². The fourth-order valence-electron chi connectivity index (χ4n) is 2.13. The number of benzene rings is 2. The molecule has 0 bridgehead atoms. The largest absolute Gasteiger partial charge is 0.488 e. The Balaban J connectivity index is 1.65. The topological polar surface area (TPSA) is 21.3 Å². The van der Waals surface area contributed by atoms with E-state index in [0.29, 0.717) is 6.61 Å². The first kappa shape index (κ1) is 13.7. The highest BCUT2D eigenvalue weighted by Crippen LogP contribution is 2.25. The van der Waals surface area contributed by atoms with Crippen LogP contribution in [0.15, 0.2) is 53.0 Å². The number of halogens is 1. The molecular weight excluding hydrogens is 314 g/mol. The van der Waals surface area contributed by atoms with Gasteiger partial charge in [0.1, 0.15) is 12.4 Å². The summed E-state index contributed by atoms with van der Waals surface area (Å²) < 4.78 is 6.91. The quantitative estimate of drug-likeness (QED) is 0.852. The Morgan fingerprint density at radius 2 is 1.70 bits per heavy atom. The third-order valence-corrected chi connectivity index (χ3v) is 4.15. The molecule has 1 saturated carbocycles. The molecule has 3 rings (SSSR count). The van der Waals surface area contributed by atoms with Crippen molar-refractivity contribution >= 4 is 15.9 Å². The summed E-state index contributed by atoms with van der Waals surface area (Å²) in [4.78, 5) is 0. The predicted octanol–water partition coefficient (Wildman–Crippen LogP) is 4.28. The van der Waals surface area contributed by atoms with Gasteiger partial charge in [0.15, 0.2) is 0 Å². The van der Waals surface area contributed by atoms with E-state index < -0.39 is 0 Å². The van der Waals surface area contributed by atoms with Gasteiger partial charge in [0.05, 0.1) is 4.47 Å². The van der Waals surface area contributed by atoms with E-state index in [-0.39, 0.29) is 0 Å². The first-order valence-electron chi connectivity index (χ1n) is 7.00. The molecule has 0 amide bonds. The van der Waals surface area contributed by atoms with Gasteiger partial charge in [0, 0.05) is 12.6 Å². The Hall–Kier alpha value is -1.32. The molecule has 3 heteroatoms. The van der Waals surface area contributed by atoms with Gasteiger partial charge in [-0.15, -0.1) is 0 Å². The molecule has 20 heavy (non-hydrogen) atoms. The third kappa shape index (κ3) is 3.62. The summed E-state index contributed by atoms with van der Waals surface area (Å²) in [5.74, 6) is 0.887. The Kier molecular flexibility index (Phi) is 4.38. The van der Waals surface area contributed by atoms with Crippen molar-refractivity contribution in [3.05, 3.63) is 64.1 Å². The number of ether oxygens (including phenoxy) is 1. The van der Waals surface area contributed by atoms with Crippen LogP contribution in [0.3, 0.4) is 0 Å². The lowest BCUT2D eigenvalue weighted by atomic mass is 10.1. The number of hydrogen-bond donors (Lipinski definition) is 1. The van der Waals surface area contributed by atoms with Crippen molar-refractivity contribution in [1.29, 1.82) is 0 Å². The number of rotatable bonds is 6. The molecule has 104 valence electrons. The first-order valence-corrected chi connectivity index (χ1v) is 7.80. The fraction of sp³-hybridized carbons (Fsp3) is 0.294. The van der Waals surface area contributed by atoms with Crippen molar-refractivity contribution in [3.63, 3.8) is 0 Å². The van der Waals surface area contributed by atoms with Crippen LogP contribution in [0.1, 0.15) is 24.0 Å². The van der Waals surface area contributed by atoms with Crippen molar-refractivity contribution in [2.75, 3.05) is 0 Å². The number of para-hydroxylation sites is 1. The minimum absolute atomic E-state index is 0.602. The maximum absolute atomic E-state index is 5.91. The molecule has 0 aliphatic heterocycles. The SMILES string of the molecule is Brc1ccccc1OCc1ccccc1CNC1CC1. The van der Waals surface area contributed by atoms with Gasteiger partial charge in [0.25, 0.3) is 0 Å². The van der Waals surface area contributed by atoms with Gasteiger partial charge in [-0.25, -0.2) is 0 Å². The molecule has 1 fully saturated rings. The van der Waals surface area contributed by atoms with Crippen molar-refractivity contribution in [2.24, 2.45) is 0 Å². The lowest BCUT2D eigenvalue weighted by Crippen LogP contribution is -2.16. The van der Waals surface area contributed by atoms with E-state index in [0.717, 1.165) is 22.8 Å². The van der Waals surface area contributed by atoms with Gasteiger partial charge in [-0.1, -0.05) is 36.4 Å². The van der Waals surface area contributed by atoms with Crippen LogP contribution < -0.4 is 10.1 Å². The van der Waals surface area contributed by atoms with E-state index in [1.165, 1.54) is 24.0 Å². The first-order chi connectivity index (χ1) is 9.83. The van der Waals surface area contributed by atoms with E-state index >= 15 is 0 Å². The molecule has 0 unspecified atom stereocenters. The maximum atomic E-state index is 5.91. The summed E-state index contributed by atoms with van der Waals surface area (Å²) in [7, 11) is 0. The van der Waals surface area contributed by atoms with Crippen LogP contribution >= 0.6 is 15.9 Å². The Bertz CT molecular complexity index is 581. The molecule has 0 heterocycles. The van der Waals surface area contributed by atoms with Crippen LogP contribution in [0, 0.1) is 0 Å². The van der Waals surface area contributed by atoms with Gasteiger partial charge in [-0.2, -0.15) is 0 Å². The summed E-state index contributed by atoms with van der Waals surface area (Å²) in [6, 6.07) is 17.2. The van der Waals surface area contributed by atoms with Crippen LogP contribution in [-0.2, 0) is 13.2 Å². The molecule has 2 aromatic rings. The molecule has 0 atom stereocenters. The predicted molar refractivity (Wildman–Crippen MR) is 84.8 cm³/mol. The molecule has 1 aliphatic rings.